The molecule has 0 radical (unpaired) electrons. The summed E-state index contributed by atoms with van der Waals surface area (Å²) in [5.74, 6) is 1.68. The number of hydrogen-bond acceptors (Lipinski definition) is 4. The van der Waals surface area contributed by atoms with E-state index in [0.717, 1.165) is 22.9 Å². The molecular formula is C13H16N4. The van der Waals surface area contributed by atoms with Gasteiger partial charge >= 0.3 is 0 Å². The van der Waals surface area contributed by atoms with Gasteiger partial charge in [0.05, 0.1) is 0 Å². The molecule has 4 nitrogen and oxygen atoms in total. The maximum atomic E-state index is 4.26. The molecule has 1 heterocycles. The van der Waals surface area contributed by atoms with Crippen molar-refractivity contribution in [3.05, 3.63) is 41.7 Å². The first-order valence-corrected chi connectivity index (χ1v) is 5.54. The van der Waals surface area contributed by atoms with E-state index in [4.69, 9.17) is 0 Å². The van der Waals surface area contributed by atoms with Crippen LogP contribution >= 0.6 is 0 Å². The van der Waals surface area contributed by atoms with Gasteiger partial charge < -0.3 is 10.6 Å². The summed E-state index contributed by atoms with van der Waals surface area (Å²) in [5.41, 5.74) is 3.27. The third kappa shape index (κ3) is 2.36. The minimum Gasteiger partial charge on any atom is -0.373 e. The Hall–Kier alpha value is -2.10. The summed E-state index contributed by atoms with van der Waals surface area (Å²) in [5, 5.41) is 6.37. The minimum absolute atomic E-state index is 0.832. The lowest BCUT2D eigenvalue weighted by atomic mass is 10.2. The van der Waals surface area contributed by atoms with Crippen LogP contribution in [-0.4, -0.2) is 17.0 Å². The molecule has 0 atom stereocenters. The van der Waals surface area contributed by atoms with Crippen LogP contribution in [0.1, 0.15) is 11.1 Å². The number of nitrogens with zero attached hydrogens (tertiary/aromatic N) is 2. The molecule has 1 aromatic heterocycles. The van der Waals surface area contributed by atoms with E-state index in [1.807, 2.05) is 32.2 Å². The van der Waals surface area contributed by atoms with Crippen LogP contribution in [0.25, 0.3) is 0 Å². The molecule has 0 spiro atoms. The number of hydrogen-bond donors (Lipinski definition) is 2. The Morgan fingerprint density at radius 2 is 1.71 bits per heavy atom. The predicted molar refractivity (Wildman–Crippen MR) is 70.8 cm³/mol. The van der Waals surface area contributed by atoms with Gasteiger partial charge in [0, 0.05) is 18.3 Å². The molecule has 0 unspecified atom stereocenters. The second kappa shape index (κ2) is 4.82. The topological polar surface area (TPSA) is 49.8 Å². The fraction of sp³-hybridized carbons (Fsp3) is 0.231. The van der Waals surface area contributed by atoms with Gasteiger partial charge in [-0.1, -0.05) is 18.2 Å². The minimum atomic E-state index is 0.832. The molecule has 0 bridgehead atoms. The molecule has 0 saturated heterocycles. The van der Waals surface area contributed by atoms with E-state index < -0.39 is 0 Å². The third-order valence-corrected chi connectivity index (χ3v) is 2.72. The average molecular weight is 228 g/mol. The summed E-state index contributed by atoms with van der Waals surface area (Å²) in [6, 6.07) is 8.13. The first kappa shape index (κ1) is 11.4. The highest BCUT2D eigenvalue weighted by molar-refractivity contribution is 5.66. The monoisotopic (exact) mass is 228 g/mol. The van der Waals surface area contributed by atoms with Crippen molar-refractivity contribution in [3.8, 4) is 0 Å². The summed E-state index contributed by atoms with van der Waals surface area (Å²) in [7, 11) is 1.85. The number of aromatic nitrogens is 2. The van der Waals surface area contributed by atoms with Gasteiger partial charge in [0.1, 0.15) is 18.0 Å². The molecule has 0 aliphatic rings. The molecule has 0 saturated carbocycles. The van der Waals surface area contributed by atoms with Crippen molar-refractivity contribution in [2.75, 3.05) is 17.7 Å². The van der Waals surface area contributed by atoms with E-state index in [1.54, 1.807) is 6.33 Å². The average Bonchev–Trinajstić information content (AvgIpc) is 2.34. The highest BCUT2D eigenvalue weighted by Crippen LogP contribution is 2.23. The fourth-order valence-electron chi connectivity index (χ4n) is 1.67. The highest BCUT2D eigenvalue weighted by atomic mass is 15.1. The Labute approximate surface area is 101 Å². The molecule has 2 aromatic rings. The summed E-state index contributed by atoms with van der Waals surface area (Å²) < 4.78 is 0. The zero-order valence-electron chi connectivity index (χ0n) is 10.3. The summed E-state index contributed by atoms with van der Waals surface area (Å²) in [6.07, 6.45) is 1.56. The van der Waals surface area contributed by atoms with Crippen molar-refractivity contribution in [1.29, 1.82) is 0 Å². The summed E-state index contributed by atoms with van der Waals surface area (Å²) in [4.78, 5) is 8.42. The molecule has 0 aliphatic carbocycles. The van der Waals surface area contributed by atoms with Crippen molar-refractivity contribution in [2.45, 2.75) is 13.8 Å². The molecule has 1 aromatic carbocycles. The Balaban J connectivity index is 2.34. The maximum Gasteiger partial charge on any atom is 0.138 e. The van der Waals surface area contributed by atoms with Gasteiger partial charge in [-0.3, -0.25) is 0 Å². The Morgan fingerprint density at radius 1 is 1.00 bits per heavy atom. The van der Waals surface area contributed by atoms with Crippen molar-refractivity contribution >= 4 is 17.3 Å². The SMILES string of the molecule is CNc1ncnc(Nc2ccccc2C)c1C. The van der Waals surface area contributed by atoms with Crippen molar-refractivity contribution in [2.24, 2.45) is 0 Å². The number of nitrogens with one attached hydrogen (secondary N) is 2. The fourth-order valence-corrected chi connectivity index (χ4v) is 1.67. The predicted octanol–water partition coefficient (Wildman–Crippen LogP) is 2.88. The lowest BCUT2D eigenvalue weighted by Gasteiger charge is -2.12. The normalized spacial score (nSPS) is 10.1. The molecule has 88 valence electrons. The highest BCUT2D eigenvalue weighted by Gasteiger charge is 2.06. The Bertz CT molecular complexity index is 523. The van der Waals surface area contributed by atoms with Crippen molar-refractivity contribution in [1.82, 2.24) is 9.97 Å². The van der Waals surface area contributed by atoms with Gasteiger partial charge in [-0.2, -0.15) is 0 Å². The number of rotatable bonds is 3. The Kier molecular flexibility index (Phi) is 3.23. The molecule has 0 amide bonds. The molecule has 2 N–H and O–H groups in total. The number of para-hydroxylation sites is 1. The van der Waals surface area contributed by atoms with E-state index in [2.05, 4.69) is 33.6 Å². The van der Waals surface area contributed by atoms with E-state index in [1.165, 1.54) is 5.56 Å². The quantitative estimate of drug-likeness (QED) is 0.848. The van der Waals surface area contributed by atoms with Gasteiger partial charge in [0.2, 0.25) is 0 Å². The van der Waals surface area contributed by atoms with Crippen molar-refractivity contribution < 1.29 is 0 Å². The molecular weight excluding hydrogens is 212 g/mol. The van der Waals surface area contributed by atoms with Crippen LogP contribution in [0.5, 0.6) is 0 Å². The first-order valence-electron chi connectivity index (χ1n) is 5.54. The molecule has 0 aliphatic heterocycles. The van der Waals surface area contributed by atoms with Crippen LogP contribution in [0.2, 0.25) is 0 Å². The zero-order valence-corrected chi connectivity index (χ0v) is 10.3. The Morgan fingerprint density at radius 3 is 2.41 bits per heavy atom. The summed E-state index contributed by atoms with van der Waals surface area (Å²) in [6.45, 7) is 4.06. The van der Waals surface area contributed by atoms with Gasteiger partial charge in [-0.25, -0.2) is 9.97 Å². The number of aryl methyl sites for hydroxylation is 1. The molecule has 17 heavy (non-hydrogen) atoms. The van der Waals surface area contributed by atoms with E-state index in [0.29, 0.717) is 0 Å². The second-order valence-electron chi connectivity index (χ2n) is 3.89. The smallest absolute Gasteiger partial charge is 0.138 e. The van der Waals surface area contributed by atoms with Crippen LogP contribution in [0.15, 0.2) is 30.6 Å². The zero-order chi connectivity index (χ0) is 12.3. The standard InChI is InChI=1S/C13H16N4/c1-9-6-4-5-7-11(9)17-13-10(2)12(14-3)15-8-16-13/h4-8H,1-3H3,(H2,14,15,16,17). The number of benzene rings is 1. The largest absolute Gasteiger partial charge is 0.373 e. The van der Waals surface area contributed by atoms with E-state index in [-0.39, 0.29) is 0 Å². The molecule has 4 heteroatoms. The van der Waals surface area contributed by atoms with Crippen LogP contribution in [0.4, 0.5) is 17.3 Å². The molecule has 2 rings (SSSR count). The van der Waals surface area contributed by atoms with Gasteiger partial charge in [-0.05, 0) is 25.5 Å². The van der Waals surface area contributed by atoms with E-state index in [9.17, 15) is 0 Å². The lowest BCUT2D eigenvalue weighted by molar-refractivity contribution is 1.12. The van der Waals surface area contributed by atoms with Crippen LogP contribution < -0.4 is 10.6 Å². The van der Waals surface area contributed by atoms with Gasteiger partial charge in [0.15, 0.2) is 0 Å². The lowest BCUT2D eigenvalue weighted by Crippen LogP contribution is -2.03. The number of anilines is 3. The van der Waals surface area contributed by atoms with Crippen LogP contribution in [-0.2, 0) is 0 Å². The molecule has 0 fully saturated rings. The van der Waals surface area contributed by atoms with Crippen LogP contribution in [0, 0.1) is 13.8 Å². The second-order valence-corrected chi connectivity index (χ2v) is 3.89. The first-order chi connectivity index (χ1) is 8.22. The van der Waals surface area contributed by atoms with Gasteiger partial charge in [-0.15, -0.1) is 0 Å². The van der Waals surface area contributed by atoms with Crippen LogP contribution in [0.3, 0.4) is 0 Å². The summed E-state index contributed by atoms with van der Waals surface area (Å²) >= 11 is 0. The maximum absolute atomic E-state index is 4.26. The van der Waals surface area contributed by atoms with Crippen molar-refractivity contribution in [3.63, 3.8) is 0 Å². The third-order valence-electron chi connectivity index (χ3n) is 2.72. The van der Waals surface area contributed by atoms with E-state index >= 15 is 0 Å². The van der Waals surface area contributed by atoms with Gasteiger partial charge in [0.25, 0.3) is 0 Å².